The summed E-state index contributed by atoms with van der Waals surface area (Å²) in [4.78, 5) is 14.5. The van der Waals surface area contributed by atoms with Crippen molar-refractivity contribution in [1.82, 2.24) is 15.0 Å². The van der Waals surface area contributed by atoms with E-state index < -0.39 is 0 Å². The molecule has 0 saturated carbocycles. The predicted octanol–water partition coefficient (Wildman–Crippen LogP) is 3.70. The average molecular weight is 347 g/mol. The number of hydrogen-bond donors (Lipinski definition) is 0. The molecule has 3 aromatic rings. The molecule has 0 fully saturated rings. The minimum Gasteiger partial charge on any atom is -0.457 e. The third-order valence-electron chi connectivity index (χ3n) is 3.37. The molecule has 7 nitrogen and oxygen atoms in total. The largest absolute Gasteiger partial charge is 0.457 e. The van der Waals surface area contributed by atoms with Gasteiger partial charge >= 0.3 is 6.01 Å². The number of benzene rings is 2. The van der Waals surface area contributed by atoms with E-state index in [0.29, 0.717) is 34.6 Å². The van der Waals surface area contributed by atoms with Crippen LogP contribution in [-0.4, -0.2) is 29.0 Å². The zero-order chi connectivity index (χ0) is 18.5. The standard InChI is InChI=1S/C19H17N5O2/c1-13-21-18(24(2)3)23-19(22-13)26-17-10-8-16(9-11-17)25-15-6-4-14(12-20)5-7-15/h4-11H,1-3H3. The lowest BCUT2D eigenvalue weighted by molar-refractivity contribution is 0.434. The fourth-order valence-corrected chi connectivity index (χ4v) is 2.10. The maximum Gasteiger partial charge on any atom is 0.327 e. The third kappa shape index (κ3) is 4.24. The number of ether oxygens (including phenoxy) is 2. The van der Waals surface area contributed by atoms with Gasteiger partial charge in [-0.15, -0.1) is 0 Å². The minimum atomic E-state index is 0.238. The summed E-state index contributed by atoms with van der Waals surface area (Å²) in [6, 6.07) is 16.3. The van der Waals surface area contributed by atoms with E-state index in [2.05, 4.69) is 21.0 Å². The zero-order valence-electron chi connectivity index (χ0n) is 14.7. The van der Waals surface area contributed by atoms with Crippen molar-refractivity contribution < 1.29 is 9.47 Å². The van der Waals surface area contributed by atoms with Gasteiger partial charge in [0.25, 0.3) is 0 Å². The van der Waals surface area contributed by atoms with Crippen molar-refractivity contribution in [2.75, 3.05) is 19.0 Å². The van der Waals surface area contributed by atoms with E-state index in [4.69, 9.17) is 14.7 Å². The van der Waals surface area contributed by atoms with Gasteiger partial charge in [-0.1, -0.05) is 0 Å². The highest BCUT2D eigenvalue weighted by atomic mass is 16.5. The molecule has 7 heteroatoms. The Hall–Kier alpha value is -3.66. The highest BCUT2D eigenvalue weighted by molar-refractivity contribution is 5.39. The molecule has 0 N–H and O–H groups in total. The van der Waals surface area contributed by atoms with Crippen LogP contribution in [0.1, 0.15) is 11.4 Å². The number of rotatable bonds is 5. The van der Waals surface area contributed by atoms with E-state index >= 15 is 0 Å². The maximum absolute atomic E-state index is 8.81. The Bertz CT molecular complexity index is 932. The number of nitriles is 1. The van der Waals surface area contributed by atoms with E-state index in [1.165, 1.54) is 0 Å². The topological polar surface area (TPSA) is 84.2 Å². The molecule has 3 rings (SSSR count). The lowest BCUT2D eigenvalue weighted by atomic mass is 10.2. The second-order valence-electron chi connectivity index (χ2n) is 5.67. The monoisotopic (exact) mass is 347 g/mol. The molecule has 130 valence electrons. The smallest absolute Gasteiger partial charge is 0.327 e. The van der Waals surface area contributed by atoms with Gasteiger partial charge in [-0.3, -0.25) is 0 Å². The number of aromatic nitrogens is 3. The number of anilines is 1. The molecule has 2 aromatic carbocycles. The Morgan fingerprint density at radius 1 is 0.808 bits per heavy atom. The summed E-state index contributed by atoms with van der Waals surface area (Å²) in [6.45, 7) is 1.79. The van der Waals surface area contributed by atoms with Crippen molar-refractivity contribution in [3.8, 4) is 29.3 Å². The van der Waals surface area contributed by atoms with Crippen molar-refractivity contribution in [1.29, 1.82) is 5.26 Å². The molecule has 26 heavy (non-hydrogen) atoms. The van der Waals surface area contributed by atoms with Gasteiger partial charge in [-0.05, 0) is 55.5 Å². The molecule has 1 aromatic heterocycles. The van der Waals surface area contributed by atoms with Crippen LogP contribution in [0.2, 0.25) is 0 Å². The summed E-state index contributed by atoms with van der Waals surface area (Å²) in [5.74, 6) is 3.02. The predicted molar refractivity (Wildman–Crippen MR) is 96.6 cm³/mol. The second kappa shape index (κ2) is 7.49. The average Bonchev–Trinajstić information content (AvgIpc) is 2.63. The fraction of sp³-hybridized carbons (Fsp3) is 0.158. The molecule has 0 radical (unpaired) electrons. The highest BCUT2D eigenvalue weighted by Crippen LogP contribution is 2.26. The first-order valence-corrected chi connectivity index (χ1v) is 7.89. The van der Waals surface area contributed by atoms with Gasteiger partial charge in [0.05, 0.1) is 11.6 Å². The lowest BCUT2D eigenvalue weighted by Crippen LogP contribution is -2.14. The summed E-state index contributed by atoms with van der Waals surface area (Å²) in [5, 5.41) is 8.81. The van der Waals surface area contributed by atoms with E-state index in [1.807, 2.05) is 14.1 Å². The van der Waals surface area contributed by atoms with Gasteiger partial charge in [0, 0.05) is 14.1 Å². The van der Waals surface area contributed by atoms with Crippen molar-refractivity contribution in [3.05, 3.63) is 59.9 Å². The Labute approximate surface area is 151 Å². The van der Waals surface area contributed by atoms with Crippen LogP contribution in [0.5, 0.6) is 23.3 Å². The fourth-order valence-electron chi connectivity index (χ4n) is 2.10. The van der Waals surface area contributed by atoms with Crippen LogP contribution in [0, 0.1) is 18.3 Å². The molecule has 0 bridgehead atoms. The molecule has 0 aliphatic carbocycles. The molecule has 0 spiro atoms. The molecule has 0 unspecified atom stereocenters. The highest BCUT2D eigenvalue weighted by Gasteiger charge is 2.08. The van der Waals surface area contributed by atoms with Crippen LogP contribution < -0.4 is 14.4 Å². The Balaban J connectivity index is 1.70. The molecule has 0 amide bonds. The molecule has 0 aliphatic heterocycles. The first kappa shape index (κ1) is 17.2. The summed E-state index contributed by atoms with van der Waals surface area (Å²) in [7, 11) is 3.71. The lowest BCUT2D eigenvalue weighted by Gasteiger charge is -2.12. The summed E-state index contributed by atoms with van der Waals surface area (Å²) in [5.41, 5.74) is 0.589. The SMILES string of the molecule is Cc1nc(Oc2ccc(Oc3ccc(C#N)cc3)cc2)nc(N(C)C)n1. The molecular weight excluding hydrogens is 330 g/mol. The van der Waals surface area contributed by atoms with Gasteiger partial charge in [-0.25, -0.2) is 0 Å². The normalized spacial score (nSPS) is 10.1. The Morgan fingerprint density at radius 2 is 1.35 bits per heavy atom. The summed E-state index contributed by atoms with van der Waals surface area (Å²) in [6.07, 6.45) is 0. The molecular formula is C19H17N5O2. The quantitative estimate of drug-likeness (QED) is 0.695. The van der Waals surface area contributed by atoms with Gasteiger partial charge < -0.3 is 14.4 Å². The van der Waals surface area contributed by atoms with Gasteiger partial charge in [0.15, 0.2) is 0 Å². The molecule has 0 atom stereocenters. The van der Waals surface area contributed by atoms with E-state index in [1.54, 1.807) is 60.4 Å². The minimum absolute atomic E-state index is 0.238. The number of hydrogen-bond acceptors (Lipinski definition) is 7. The summed E-state index contributed by atoms with van der Waals surface area (Å²) >= 11 is 0. The van der Waals surface area contributed by atoms with Crippen LogP contribution >= 0.6 is 0 Å². The van der Waals surface area contributed by atoms with Crippen LogP contribution in [0.3, 0.4) is 0 Å². The molecule has 1 heterocycles. The van der Waals surface area contributed by atoms with Crippen molar-refractivity contribution >= 4 is 5.95 Å². The molecule has 0 saturated heterocycles. The Morgan fingerprint density at radius 3 is 1.88 bits per heavy atom. The van der Waals surface area contributed by atoms with Crippen molar-refractivity contribution in [3.63, 3.8) is 0 Å². The van der Waals surface area contributed by atoms with Crippen LogP contribution in [0.25, 0.3) is 0 Å². The first-order chi connectivity index (χ1) is 12.5. The van der Waals surface area contributed by atoms with Gasteiger partial charge in [0.1, 0.15) is 23.1 Å². The third-order valence-corrected chi connectivity index (χ3v) is 3.37. The van der Waals surface area contributed by atoms with Gasteiger partial charge in [-0.2, -0.15) is 20.2 Å². The van der Waals surface area contributed by atoms with Crippen LogP contribution in [0.15, 0.2) is 48.5 Å². The van der Waals surface area contributed by atoms with E-state index in [0.717, 1.165) is 0 Å². The second-order valence-corrected chi connectivity index (χ2v) is 5.67. The first-order valence-electron chi connectivity index (χ1n) is 7.89. The zero-order valence-corrected chi connectivity index (χ0v) is 14.7. The maximum atomic E-state index is 8.81. The van der Waals surface area contributed by atoms with Crippen molar-refractivity contribution in [2.45, 2.75) is 6.92 Å². The Kier molecular flexibility index (Phi) is 4.94. The van der Waals surface area contributed by atoms with Crippen LogP contribution in [-0.2, 0) is 0 Å². The van der Waals surface area contributed by atoms with E-state index in [-0.39, 0.29) is 6.01 Å². The molecule has 0 aliphatic rings. The number of nitrogens with zero attached hydrogens (tertiary/aromatic N) is 5. The number of aryl methyl sites for hydroxylation is 1. The van der Waals surface area contributed by atoms with Crippen molar-refractivity contribution in [2.24, 2.45) is 0 Å². The van der Waals surface area contributed by atoms with Gasteiger partial charge in [0.2, 0.25) is 5.95 Å². The van der Waals surface area contributed by atoms with Crippen LogP contribution in [0.4, 0.5) is 5.95 Å². The van der Waals surface area contributed by atoms with E-state index in [9.17, 15) is 0 Å². The summed E-state index contributed by atoms with van der Waals surface area (Å²) < 4.78 is 11.4.